The summed E-state index contributed by atoms with van der Waals surface area (Å²) in [4.78, 5) is 12.3. The quantitative estimate of drug-likeness (QED) is 0.946. The molecule has 1 aromatic heterocycles. The lowest BCUT2D eigenvalue weighted by molar-refractivity contribution is 0.0603. The topological polar surface area (TPSA) is 60.5 Å². The Morgan fingerprint density at radius 1 is 1.32 bits per heavy atom. The van der Waals surface area contributed by atoms with Crippen molar-refractivity contribution >= 4 is 27.5 Å². The van der Waals surface area contributed by atoms with Gasteiger partial charge in [0.2, 0.25) is 0 Å². The molecule has 0 saturated carbocycles. The smallest absolute Gasteiger partial charge is 0.276 e. The molecule has 22 heavy (non-hydrogen) atoms. The third-order valence-corrected chi connectivity index (χ3v) is 3.89. The highest BCUT2D eigenvalue weighted by atomic mass is 32.1. The fraction of sp³-hybridized carbons (Fsp3) is 0.125. The number of nitrogens with one attached hydrogen (secondary N) is 1. The van der Waals surface area contributed by atoms with Crippen molar-refractivity contribution in [2.45, 2.75) is 0 Å². The molecule has 1 aliphatic heterocycles. The number of allylic oxidation sites excluding steroid dienone is 1. The molecule has 112 valence electrons. The number of amides is 1. The first-order valence-electron chi connectivity index (χ1n) is 6.66. The molecule has 1 fully saturated rings. The molecule has 1 saturated heterocycles. The molecule has 2 aromatic rings. The number of carbonyl (C=O) groups is 1. The van der Waals surface area contributed by atoms with Gasteiger partial charge >= 0.3 is 0 Å². The monoisotopic (exact) mass is 314 g/mol. The van der Waals surface area contributed by atoms with E-state index in [2.05, 4.69) is 22.8 Å². The molecule has 0 bridgehead atoms. The molecular weight excluding hydrogens is 300 g/mol. The molecule has 2 heterocycles. The maximum absolute atomic E-state index is 12.3. The molecule has 0 aliphatic carbocycles. The minimum Gasteiger partial charge on any atom is -0.487 e. The van der Waals surface area contributed by atoms with E-state index in [1.807, 2.05) is 24.3 Å². The third-order valence-electron chi connectivity index (χ3n) is 3.06. The average molecular weight is 314 g/mol. The number of aromatic nitrogens is 1. The van der Waals surface area contributed by atoms with Gasteiger partial charge in [-0.2, -0.15) is 4.37 Å². The molecule has 1 aliphatic rings. The predicted molar refractivity (Wildman–Crippen MR) is 85.4 cm³/mol. The lowest BCUT2D eigenvalue weighted by atomic mass is 10.2. The van der Waals surface area contributed by atoms with Crippen molar-refractivity contribution in [3.05, 3.63) is 66.4 Å². The van der Waals surface area contributed by atoms with Gasteiger partial charge in [0, 0.05) is 17.2 Å². The number of carbonyl (C=O) groups excluding carboxylic acids is 1. The summed E-state index contributed by atoms with van der Waals surface area (Å²) < 4.78 is 15.9. The van der Waals surface area contributed by atoms with Crippen LogP contribution in [0.15, 0.2) is 60.7 Å². The van der Waals surface area contributed by atoms with Crippen LogP contribution in [-0.2, 0) is 9.47 Å². The first-order valence-corrected chi connectivity index (χ1v) is 7.44. The Labute approximate surface area is 131 Å². The fourth-order valence-corrected chi connectivity index (χ4v) is 2.81. The SMILES string of the molecule is C=C(/C=C1/OCCOC1=C)NC(=O)c1nsc2ccccc12. The Morgan fingerprint density at radius 2 is 2.09 bits per heavy atom. The van der Waals surface area contributed by atoms with E-state index in [0.717, 1.165) is 10.1 Å². The maximum Gasteiger partial charge on any atom is 0.276 e. The second-order valence-electron chi connectivity index (χ2n) is 4.64. The zero-order valence-corrected chi connectivity index (χ0v) is 12.6. The van der Waals surface area contributed by atoms with Gasteiger partial charge in [-0.3, -0.25) is 4.79 Å². The Balaban J connectivity index is 1.75. The number of hydrogen-bond donors (Lipinski definition) is 1. The number of rotatable bonds is 3. The number of hydrogen-bond acceptors (Lipinski definition) is 5. The molecule has 1 aromatic carbocycles. The van der Waals surface area contributed by atoms with Crippen molar-refractivity contribution in [2.24, 2.45) is 0 Å². The molecule has 3 rings (SSSR count). The summed E-state index contributed by atoms with van der Waals surface area (Å²) in [5, 5.41) is 3.53. The first kappa shape index (κ1) is 14.3. The normalized spacial score (nSPS) is 16.2. The van der Waals surface area contributed by atoms with Crippen molar-refractivity contribution < 1.29 is 14.3 Å². The van der Waals surface area contributed by atoms with E-state index in [-0.39, 0.29) is 5.91 Å². The van der Waals surface area contributed by atoms with E-state index in [0.29, 0.717) is 36.1 Å². The minimum absolute atomic E-state index is 0.304. The Hall–Kier alpha value is -2.60. The first-order chi connectivity index (χ1) is 10.6. The van der Waals surface area contributed by atoms with E-state index >= 15 is 0 Å². The number of fused-ring (bicyclic) bond motifs is 1. The van der Waals surface area contributed by atoms with Gasteiger partial charge in [-0.25, -0.2) is 0 Å². The summed E-state index contributed by atoms with van der Waals surface area (Å²) >= 11 is 1.29. The second-order valence-corrected chi connectivity index (χ2v) is 5.44. The predicted octanol–water partition coefficient (Wildman–Crippen LogP) is 2.98. The van der Waals surface area contributed by atoms with E-state index in [4.69, 9.17) is 9.47 Å². The van der Waals surface area contributed by atoms with Crippen LogP contribution in [0.2, 0.25) is 0 Å². The molecule has 0 unspecified atom stereocenters. The Kier molecular flexibility index (Phi) is 3.93. The van der Waals surface area contributed by atoms with Crippen LogP contribution in [0.4, 0.5) is 0 Å². The Bertz CT molecular complexity index is 792. The van der Waals surface area contributed by atoms with Crippen LogP contribution < -0.4 is 5.32 Å². The van der Waals surface area contributed by atoms with Gasteiger partial charge in [-0.1, -0.05) is 31.4 Å². The Morgan fingerprint density at radius 3 is 2.91 bits per heavy atom. The van der Waals surface area contributed by atoms with Crippen LogP contribution in [0.1, 0.15) is 10.5 Å². The van der Waals surface area contributed by atoms with Gasteiger partial charge in [0.05, 0.1) is 4.70 Å². The van der Waals surface area contributed by atoms with Crippen LogP contribution >= 0.6 is 11.5 Å². The summed E-state index contributed by atoms with van der Waals surface area (Å²) in [6.07, 6.45) is 1.59. The van der Waals surface area contributed by atoms with Crippen molar-refractivity contribution in [1.82, 2.24) is 9.69 Å². The van der Waals surface area contributed by atoms with Gasteiger partial charge in [-0.15, -0.1) is 0 Å². The van der Waals surface area contributed by atoms with Crippen LogP contribution in [0.5, 0.6) is 0 Å². The maximum atomic E-state index is 12.3. The summed E-state index contributed by atoms with van der Waals surface area (Å²) in [5.74, 6) is 0.599. The zero-order valence-electron chi connectivity index (χ0n) is 11.8. The van der Waals surface area contributed by atoms with Crippen LogP contribution in [0.3, 0.4) is 0 Å². The third kappa shape index (κ3) is 2.87. The fourth-order valence-electron chi connectivity index (χ4n) is 2.04. The van der Waals surface area contributed by atoms with E-state index in [9.17, 15) is 4.79 Å². The molecular formula is C16H14N2O3S. The summed E-state index contributed by atoms with van der Waals surface area (Å²) in [7, 11) is 0. The van der Waals surface area contributed by atoms with Gasteiger partial charge in [0.1, 0.15) is 18.9 Å². The molecule has 0 spiro atoms. The van der Waals surface area contributed by atoms with Gasteiger partial charge in [0.25, 0.3) is 5.91 Å². The lowest BCUT2D eigenvalue weighted by Gasteiger charge is -2.19. The highest BCUT2D eigenvalue weighted by molar-refractivity contribution is 7.13. The van der Waals surface area contributed by atoms with Crippen molar-refractivity contribution in [2.75, 3.05) is 13.2 Å². The van der Waals surface area contributed by atoms with E-state index < -0.39 is 0 Å². The number of ether oxygens (including phenoxy) is 2. The van der Waals surface area contributed by atoms with Crippen molar-refractivity contribution in [1.29, 1.82) is 0 Å². The largest absolute Gasteiger partial charge is 0.487 e. The van der Waals surface area contributed by atoms with E-state index in [1.54, 1.807) is 6.08 Å². The lowest BCUT2D eigenvalue weighted by Crippen LogP contribution is -2.22. The summed E-state index contributed by atoms with van der Waals surface area (Å²) in [6.45, 7) is 8.46. The summed E-state index contributed by atoms with van der Waals surface area (Å²) in [5.41, 5.74) is 0.781. The molecule has 5 nitrogen and oxygen atoms in total. The molecule has 0 atom stereocenters. The molecule has 6 heteroatoms. The standard InChI is InChI=1S/C16H14N2O3S/c1-10(9-13-11(2)20-7-8-21-13)17-16(19)15-12-5-3-4-6-14(12)22-18-15/h3-6,9H,1-2,7-8H2,(H,17,19)/b13-9+. The number of nitrogens with zero attached hydrogens (tertiary/aromatic N) is 1. The number of benzene rings is 1. The van der Waals surface area contributed by atoms with Crippen LogP contribution in [0.25, 0.3) is 10.1 Å². The van der Waals surface area contributed by atoms with Gasteiger partial charge in [-0.05, 0) is 17.6 Å². The zero-order chi connectivity index (χ0) is 15.5. The summed E-state index contributed by atoms with van der Waals surface area (Å²) in [6, 6.07) is 7.59. The van der Waals surface area contributed by atoms with Crippen LogP contribution in [0, 0.1) is 0 Å². The second kappa shape index (κ2) is 6.03. The van der Waals surface area contributed by atoms with Crippen molar-refractivity contribution in [3.8, 4) is 0 Å². The molecule has 1 amide bonds. The molecule has 0 radical (unpaired) electrons. The van der Waals surface area contributed by atoms with Crippen LogP contribution in [-0.4, -0.2) is 23.5 Å². The molecule has 1 N–H and O–H groups in total. The van der Waals surface area contributed by atoms with E-state index in [1.165, 1.54) is 11.5 Å². The minimum atomic E-state index is -0.304. The van der Waals surface area contributed by atoms with Gasteiger partial charge in [0.15, 0.2) is 11.5 Å². The highest BCUT2D eigenvalue weighted by Crippen LogP contribution is 2.22. The van der Waals surface area contributed by atoms with Crippen molar-refractivity contribution in [3.63, 3.8) is 0 Å². The highest BCUT2D eigenvalue weighted by Gasteiger charge is 2.16. The van der Waals surface area contributed by atoms with Gasteiger partial charge < -0.3 is 14.8 Å². The average Bonchev–Trinajstić information content (AvgIpc) is 2.93.